The standard InChI is InChI=1S/C15H14ClNO2/c1-3-7-15(8-4-2)13(18)11-6-5-10(16)9-12(11)17-14(15)19/h3-6,9H,1-2,7-8H2,(H,17,19). The molecule has 0 saturated heterocycles. The third-order valence-corrected chi connectivity index (χ3v) is 3.56. The molecule has 1 aromatic rings. The lowest BCUT2D eigenvalue weighted by atomic mass is 9.71. The molecule has 1 N–H and O–H groups in total. The molecule has 0 bridgehead atoms. The van der Waals surface area contributed by atoms with Crippen molar-refractivity contribution in [1.29, 1.82) is 0 Å². The molecule has 0 atom stereocenters. The highest BCUT2D eigenvalue weighted by molar-refractivity contribution is 6.32. The summed E-state index contributed by atoms with van der Waals surface area (Å²) in [4.78, 5) is 25.0. The fraction of sp³-hybridized carbons (Fsp3) is 0.200. The summed E-state index contributed by atoms with van der Waals surface area (Å²) in [5, 5.41) is 3.23. The third kappa shape index (κ3) is 2.10. The van der Waals surface area contributed by atoms with Crippen molar-refractivity contribution >= 4 is 29.0 Å². The number of amides is 1. The van der Waals surface area contributed by atoms with Crippen LogP contribution in [-0.4, -0.2) is 11.7 Å². The summed E-state index contributed by atoms with van der Waals surface area (Å²) in [6.07, 6.45) is 3.74. The fourth-order valence-electron chi connectivity index (χ4n) is 2.37. The minimum absolute atomic E-state index is 0.206. The van der Waals surface area contributed by atoms with Gasteiger partial charge in [-0.3, -0.25) is 9.59 Å². The Hall–Kier alpha value is -1.87. The lowest BCUT2D eigenvalue weighted by Gasteiger charge is -2.34. The van der Waals surface area contributed by atoms with Crippen LogP contribution in [0, 0.1) is 5.41 Å². The van der Waals surface area contributed by atoms with Crippen LogP contribution in [0.25, 0.3) is 0 Å². The molecule has 0 radical (unpaired) electrons. The molecule has 0 aliphatic carbocycles. The van der Waals surface area contributed by atoms with Crippen molar-refractivity contribution in [3.05, 3.63) is 54.1 Å². The van der Waals surface area contributed by atoms with E-state index in [0.29, 0.717) is 16.3 Å². The molecule has 1 heterocycles. The average molecular weight is 276 g/mol. The predicted molar refractivity (Wildman–Crippen MR) is 76.5 cm³/mol. The molecule has 0 aromatic heterocycles. The van der Waals surface area contributed by atoms with Crippen LogP contribution in [0.2, 0.25) is 5.02 Å². The van der Waals surface area contributed by atoms with Crippen LogP contribution in [0.1, 0.15) is 23.2 Å². The normalized spacial score (nSPS) is 16.5. The Kier molecular flexibility index (Phi) is 3.58. The number of anilines is 1. The van der Waals surface area contributed by atoms with Gasteiger partial charge in [0.15, 0.2) is 5.78 Å². The minimum atomic E-state index is -1.13. The Balaban J connectivity index is 2.57. The molecule has 2 rings (SSSR count). The predicted octanol–water partition coefficient (Wildman–Crippen LogP) is 3.61. The number of Topliss-reactive ketones (excluding diaryl/α,β-unsaturated/α-hetero) is 1. The van der Waals surface area contributed by atoms with E-state index in [1.807, 2.05) is 0 Å². The van der Waals surface area contributed by atoms with Crippen LogP contribution in [-0.2, 0) is 4.79 Å². The number of benzene rings is 1. The van der Waals surface area contributed by atoms with Gasteiger partial charge in [0.05, 0.1) is 5.69 Å². The zero-order chi connectivity index (χ0) is 14.0. The van der Waals surface area contributed by atoms with Crippen LogP contribution in [0.5, 0.6) is 0 Å². The number of carbonyl (C=O) groups excluding carboxylic acids is 2. The van der Waals surface area contributed by atoms with Gasteiger partial charge < -0.3 is 5.32 Å². The molecule has 98 valence electrons. The second kappa shape index (κ2) is 5.02. The lowest BCUT2D eigenvalue weighted by Crippen LogP contribution is -2.46. The van der Waals surface area contributed by atoms with Crippen LogP contribution in [0.3, 0.4) is 0 Å². The number of fused-ring (bicyclic) bond motifs is 1. The van der Waals surface area contributed by atoms with Gasteiger partial charge in [-0.2, -0.15) is 0 Å². The quantitative estimate of drug-likeness (QED) is 0.674. The molecule has 0 saturated carbocycles. The van der Waals surface area contributed by atoms with Gasteiger partial charge in [-0.15, -0.1) is 13.2 Å². The van der Waals surface area contributed by atoms with Crippen molar-refractivity contribution in [2.45, 2.75) is 12.8 Å². The van der Waals surface area contributed by atoms with E-state index < -0.39 is 5.41 Å². The number of carbonyl (C=O) groups is 2. The number of ketones is 1. The highest BCUT2D eigenvalue weighted by Crippen LogP contribution is 2.40. The third-order valence-electron chi connectivity index (χ3n) is 3.33. The molecule has 0 spiro atoms. The summed E-state index contributed by atoms with van der Waals surface area (Å²) in [6.45, 7) is 7.27. The van der Waals surface area contributed by atoms with Gasteiger partial charge in [-0.25, -0.2) is 0 Å². The molecule has 1 aromatic carbocycles. The van der Waals surface area contributed by atoms with Gasteiger partial charge in [0.1, 0.15) is 5.41 Å². The minimum Gasteiger partial charge on any atom is -0.324 e. The van der Waals surface area contributed by atoms with Gasteiger partial charge in [-0.05, 0) is 31.0 Å². The van der Waals surface area contributed by atoms with Gasteiger partial charge >= 0.3 is 0 Å². The van der Waals surface area contributed by atoms with E-state index in [2.05, 4.69) is 18.5 Å². The summed E-state index contributed by atoms with van der Waals surface area (Å²) in [5.41, 5.74) is -0.191. The smallest absolute Gasteiger partial charge is 0.239 e. The van der Waals surface area contributed by atoms with Gasteiger partial charge in [0, 0.05) is 10.6 Å². The first-order valence-electron chi connectivity index (χ1n) is 5.93. The van der Waals surface area contributed by atoms with Gasteiger partial charge in [0.2, 0.25) is 5.91 Å². The molecule has 1 amide bonds. The molecule has 19 heavy (non-hydrogen) atoms. The summed E-state index contributed by atoms with van der Waals surface area (Å²) in [7, 11) is 0. The Labute approximate surface area is 117 Å². The maximum atomic E-state index is 12.6. The summed E-state index contributed by atoms with van der Waals surface area (Å²) < 4.78 is 0. The first-order chi connectivity index (χ1) is 9.05. The van der Waals surface area contributed by atoms with Crippen LogP contribution in [0.4, 0.5) is 5.69 Å². The zero-order valence-electron chi connectivity index (χ0n) is 10.4. The van der Waals surface area contributed by atoms with E-state index in [0.717, 1.165) is 0 Å². The Morgan fingerprint density at radius 2 is 1.84 bits per heavy atom. The van der Waals surface area contributed by atoms with Crippen LogP contribution >= 0.6 is 11.6 Å². The van der Waals surface area contributed by atoms with Crippen molar-refractivity contribution in [2.24, 2.45) is 5.41 Å². The topological polar surface area (TPSA) is 46.2 Å². The monoisotopic (exact) mass is 275 g/mol. The average Bonchev–Trinajstić information content (AvgIpc) is 2.36. The molecule has 3 nitrogen and oxygen atoms in total. The highest BCUT2D eigenvalue weighted by Gasteiger charge is 2.47. The first kappa shape index (κ1) is 13.6. The SMILES string of the molecule is C=CCC1(CC=C)C(=O)Nc2cc(Cl)ccc2C1=O. The molecule has 0 fully saturated rings. The van der Waals surface area contributed by atoms with Crippen LogP contribution < -0.4 is 5.32 Å². The number of hydrogen-bond donors (Lipinski definition) is 1. The highest BCUT2D eigenvalue weighted by atomic mass is 35.5. The fourth-order valence-corrected chi connectivity index (χ4v) is 2.54. The summed E-state index contributed by atoms with van der Waals surface area (Å²) in [6, 6.07) is 4.86. The summed E-state index contributed by atoms with van der Waals surface area (Å²) in [5.74, 6) is -0.533. The van der Waals surface area contributed by atoms with Crippen molar-refractivity contribution in [2.75, 3.05) is 5.32 Å². The lowest BCUT2D eigenvalue weighted by molar-refractivity contribution is -0.123. The molecule has 1 aliphatic heterocycles. The van der Waals surface area contributed by atoms with E-state index in [-0.39, 0.29) is 24.5 Å². The van der Waals surface area contributed by atoms with E-state index in [1.54, 1.807) is 30.4 Å². The number of nitrogens with one attached hydrogen (secondary N) is 1. The van der Waals surface area contributed by atoms with Crippen LogP contribution in [0.15, 0.2) is 43.5 Å². The number of halogens is 1. The maximum Gasteiger partial charge on any atom is 0.239 e. The second-order valence-corrected chi connectivity index (χ2v) is 4.98. The van der Waals surface area contributed by atoms with Crippen molar-refractivity contribution in [1.82, 2.24) is 0 Å². The van der Waals surface area contributed by atoms with Gasteiger partial charge in [-0.1, -0.05) is 23.8 Å². The first-order valence-corrected chi connectivity index (χ1v) is 6.30. The maximum absolute atomic E-state index is 12.6. The zero-order valence-corrected chi connectivity index (χ0v) is 11.2. The van der Waals surface area contributed by atoms with E-state index >= 15 is 0 Å². The van der Waals surface area contributed by atoms with Gasteiger partial charge in [0.25, 0.3) is 0 Å². The molecular weight excluding hydrogens is 262 g/mol. The molecule has 0 unspecified atom stereocenters. The Morgan fingerprint density at radius 3 is 2.42 bits per heavy atom. The number of rotatable bonds is 4. The van der Waals surface area contributed by atoms with E-state index in [4.69, 9.17) is 11.6 Å². The Bertz CT molecular complexity index is 568. The van der Waals surface area contributed by atoms with Crippen molar-refractivity contribution in [3.63, 3.8) is 0 Å². The summed E-state index contributed by atoms with van der Waals surface area (Å²) >= 11 is 5.87. The van der Waals surface area contributed by atoms with E-state index in [9.17, 15) is 9.59 Å². The van der Waals surface area contributed by atoms with Crippen molar-refractivity contribution < 1.29 is 9.59 Å². The molecular formula is C15H14ClNO2. The second-order valence-electron chi connectivity index (χ2n) is 4.54. The number of hydrogen-bond acceptors (Lipinski definition) is 2. The molecule has 1 aliphatic rings. The largest absolute Gasteiger partial charge is 0.324 e. The number of allylic oxidation sites excluding steroid dienone is 2. The van der Waals surface area contributed by atoms with Crippen molar-refractivity contribution in [3.8, 4) is 0 Å². The van der Waals surface area contributed by atoms with E-state index in [1.165, 1.54) is 0 Å². The molecule has 4 heteroatoms. The Morgan fingerprint density at radius 1 is 1.21 bits per heavy atom.